The second-order valence-corrected chi connectivity index (χ2v) is 4.35. The summed E-state index contributed by atoms with van der Waals surface area (Å²) in [7, 11) is 1.42. The number of anilines is 1. The number of amides is 1. The van der Waals surface area contributed by atoms with Crippen LogP contribution in [0.5, 0.6) is 0 Å². The van der Waals surface area contributed by atoms with Gasteiger partial charge in [-0.3, -0.25) is 4.79 Å². The van der Waals surface area contributed by atoms with Crippen LogP contribution in [0.2, 0.25) is 0 Å². The molecule has 0 radical (unpaired) electrons. The number of hydrogen-bond donors (Lipinski definition) is 1. The molecule has 0 aliphatic heterocycles. The van der Waals surface area contributed by atoms with Crippen molar-refractivity contribution in [3.05, 3.63) is 65.7 Å². The van der Waals surface area contributed by atoms with Gasteiger partial charge in [0.25, 0.3) is 5.91 Å². The van der Waals surface area contributed by atoms with Gasteiger partial charge in [0, 0.05) is 18.4 Å². The van der Waals surface area contributed by atoms with Crippen LogP contribution >= 0.6 is 0 Å². The van der Waals surface area contributed by atoms with Crippen LogP contribution in [0.4, 0.5) is 5.69 Å². The predicted octanol–water partition coefficient (Wildman–Crippen LogP) is 1.38. The standard InChI is InChI=1S/C16H15NO4/c1-21-14(11-7-3-2-4-8-11)15(18)17-13-10-6-5-9-12(13)16(19)20/h2-10,14H,1H3,(H,17,18)(H,19,20)/p-1/t14-/m0/s1. The number of nitrogens with one attached hydrogen (secondary N) is 1. The zero-order valence-corrected chi connectivity index (χ0v) is 11.4. The third-order valence-electron chi connectivity index (χ3n) is 2.98. The maximum atomic E-state index is 12.3. The highest BCUT2D eigenvalue weighted by Gasteiger charge is 2.20. The Morgan fingerprint density at radius 1 is 1.05 bits per heavy atom. The Hall–Kier alpha value is -2.66. The Kier molecular flexibility index (Phi) is 4.68. The SMILES string of the molecule is CO[C@H](C(=O)Nc1ccccc1C(=O)[O-])c1ccccc1. The molecule has 5 heteroatoms. The molecule has 0 heterocycles. The number of rotatable bonds is 5. The maximum absolute atomic E-state index is 12.3. The third kappa shape index (κ3) is 3.46. The number of benzene rings is 2. The molecule has 1 atom stereocenters. The van der Waals surface area contributed by atoms with E-state index in [0.29, 0.717) is 5.56 Å². The minimum atomic E-state index is -1.35. The lowest BCUT2D eigenvalue weighted by Gasteiger charge is -2.17. The van der Waals surface area contributed by atoms with Crippen molar-refractivity contribution >= 4 is 17.6 Å². The Morgan fingerprint density at radius 2 is 1.67 bits per heavy atom. The van der Waals surface area contributed by atoms with E-state index in [1.807, 2.05) is 6.07 Å². The van der Waals surface area contributed by atoms with Crippen LogP contribution in [0.25, 0.3) is 0 Å². The van der Waals surface area contributed by atoms with E-state index in [-0.39, 0.29) is 11.3 Å². The first kappa shape index (κ1) is 14.7. The van der Waals surface area contributed by atoms with Gasteiger partial charge in [-0.1, -0.05) is 48.5 Å². The van der Waals surface area contributed by atoms with Gasteiger partial charge in [0.15, 0.2) is 6.10 Å². The van der Waals surface area contributed by atoms with E-state index < -0.39 is 18.0 Å². The molecule has 1 N–H and O–H groups in total. The molecule has 0 saturated carbocycles. The molecule has 0 fully saturated rings. The monoisotopic (exact) mass is 284 g/mol. The number of carbonyl (C=O) groups excluding carboxylic acids is 2. The first-order valence-corrected chi connectivity index (χ1v) is 6.32. The van der Waals surface area contributed by atoms with Gasteiger partial charge in [0.1, 0.15) is 0 Å². The molecule has 0 saturated heterocycles. The fourth-order valence-corrected chi connectivity index (χ4v) is 1.99. The molecule has 0 aliphatic rings. The van der Waals surface area contributed by atoms with Gasteiger partial charge in [-0.2, -0.15) is 0 Å². The highest BCUT2D eigenvalue weighted by molar-refractivity contribution is 6.01. The van der Waals surface area contributed by atoms with Crippen LogP contribution in [0.3, 0.4) is 0 Å². The van der Waals surface area contributed by atoms with E-state index in [4.69, 9.17) is 4.74 Å². The van der Waals surface area contributed by atoms with E-state index in [1.54, 1.807) is 36.4 Å². The number of carboxylic acids is 1. The Bertz CT molecular complexity index is 640. The number of hydrogen-bond acceptors (Lipinski definition) is 4. The van der Waals surface area contributed by atoms with Gasteiger partial charge >= 0.3 is 0 Å². The summed E-state index contributed by atoms with van der Waals surface area (Å²) < 4.78 is 5.20. The van der Waals surface area contributed by atoms with Crippen molar-refractivity contribution in [1.29, 1.82) is 0 Å². The van der Waals surface area contributed by atoms with Crippen LogP contribution in [0.15, 0.2) is 54.6 Å². The lowest BCUT2D eigenvalue weighted by molar-refractivity contribution is -0.254. The van der Waals surface area contributed by atoms with Gasteiger partial charge < -0.3 is 20.0 Å². The average molecular weight is 284 g/mol. The number of methoxy groups -OCH3 is 1. The van der Waals surface area contributed by atoms with E-state index in [9.17, 15) is 14.7 Å². The Balaban J connectivity index is 2.23. The summed E-state index contributed by atoms with van der Waals surface area (Å²) in [5, 5.41) is 13.6. The Morgan fingerprint density at radius 3 is 2.29 bits per heavy atom. The first-order valence-electron chi connectivity index (χ1n) is 6.32. The molecule has 2 rings (SSSR count). The summed E-state index contributed by atoms with van der Waals surface area (Å²) >= 11 is 0. The molecular formula is C16H14NO4-. The smallest absolute Gasteiger partial charge is 0.258 e. The quantitative estimate of drug-likeness (QED) is 0.899. The topological polar surface area (TPSA) is 78.5 Å². The lowest BCUT2D eigenvalue weighted by atomic mass is 10.1. The fourth-order valence-electron chi connectivity index (χ4n) is 1.99. The van der Waals surface area contributed by atoms with Gasteiger partial charge in [0.05, 0.1) is 5.97 Å². The first-order chi connectivity index (χ1) is 10.1. The molecular weight excluding hydrogens is 270 g/mol. The second-order valence-electron chi connectivity index (χ2n) is 4.35. The number of carboxylic acid groups (broad SMARTS) is 1. The number of carbonyl (C=O) groups is 2. The predicted molar refractivity (Wildman–Crippen MR) is 75.6 cm³/mol. The highest BCUT2D eigenvalue weighted by Crippen LogP contribution is 2.20. The minimum absolute atomic E-state index is 0.0752. The number of para-hydroxylation sites is 1. The van der Waals surface area contributed by atoms with Crippen molar-refractivity contribution in [1.82, 2.24) is 0 Å². The van der Waals surface area contributed by atoms with E-state index in [2.05, 4.69) is 5.32 Å². The molecule has 1 amide bonds. The van der Waals surface area contributed by atoms with Gasteiger partial charge in [-0.05, 0) is 11.6 Å². The Labute approximate surface area is 122 Å². The molecule has 2 aromatic carbocycles. The molecule has 0 aliphatic carbocycles. The summed E-state index contributed by atoms with van der Waals surface area (Å²) in [6, 6.07) is 15.0. The summed E-state index contributed by atoms with van der Waals surface area (Å²) in [5.74, 6) is -1.79. The van der Waals surface area contributed by atoms with E-state index in [0.717, 1.165) is 0 Å². The van der Waals surface area contributed by atoms with Crippen molar-refractivity contribution in [3.63, 3.8) is 0 Å². The molecule has 2 aromatic rings. The summed E-state index contributed by atoms with van der Waals surface area (Å²) in [4.78, 5) is 23.3. The summed E-state index contributed by atoms with van der Waals surface area (Å²) in [6.07, 6.45) is -0.819. The van der Waals surface area contributed by atoms with Crippen molar-refractivity contribution < 1.29 is 19.4 Å². The maximum Gasteiger partial charge on any atom is 0.258 e. The van der Waals surface area contributed by atoms with Crippen LogP contribution in [0, 0.1) is 0 Å². The molecule has 0 unspecified atom stereocenters. The molecule has 0 aromatic heterocycles. The third-order valence-corrected chi connectivity index (χ3v) is 2.98. The van der Waals surface area contributed by atoms with Gasteiger partial charge in [-0.25, -0.2) is 0 Å². The summed E-state index contributed by atoms with van der Waals surface area (Å²) in [6.45, 7) is 0. The average Bonchev–Trinajstić information content (AvgIpc) is 2.49. The minimum Gasteiger partial charge on any atom is -0.545 e. The van der Waals surface area contributed by atoms with Crippen LogP contribution in [-0.4, -0.2) is 19.0 Å². The van der Waals surface area contributed by atoms with E-state index >= 15 is 0 Å². The van der Waals surface area contributed by atoms with Crippen LogP contribution < -0.4 is 10.4 Å². The van der Waals surface area contributed by atoms with Crippen LogP contribution in [0.1, 0.15) is 22.0 Å². The van der Waals surface area contributed by atoms with Crippen LogP contribution in [-0.2, 0) is 9.53 Å². The normalized spacial score (nSPS) is 11.7. The van der Waals surface area contributed by atoms with Crippen molar-refractivity contribution in [2.45, 2.75) is 6.10 Å². The molecule has 0 bridgehead atoms. The van der Waals surface area contributed by atoms with Crippen molar-refractivity contribution in [2.75, 3.05) is 12.4 Å². The zero-order chi connectivity index (χ0) is 15.2. The molecule has 21 heavy (non-hydrogen) atoms. The zero-order valence-electron chi connectivity index (χ0n) is 11.4. The fraction of sp³-hybridized carbons (Fsp3) is 0.125. The highest BCUT2D eigenvalue weighted by atomic mass is 16.5. The summed E-state index contributed by atoms with van der Waals surface area (Å²) in [5.41, 5.74) is 0.790. The molecule has 5 nitrogen and oxygen atoms in total. The lowest BCUT2D eigenvalue weighted by Crippen LogP contribution is -2.27. The van der Waals surface area contributed by atoms with Gasteiger partial charge in [0.2, 0.25) is 0 Å². The largest absolute Gasteiger partial charge is 0.545 e. The number of aromatic carboxylic acids is 1. The molecule has 0 spiro atoms. The van der Waals surface area contributed by atoms with Gasteiger partial charge in [-0.15, -0.1) is 0 Å². The van der Waals surface area contributed by atoms with E-state index in [1.165, 1.54) is 19.2 Å². The van der Waals surface area contributed by atoms with Crippen molar-refractivity contribution in [3.8, 4) is 0 Å². The number of ether oxygens (including phenoxy) is 1. The van der Waals surface area contributed by atoms with Crippen molar-refractivity contribution in [2.24, 2.45) is 0 Å². The second kappa shape index (κ2) is 6.67. The molecule has 108 valence electrons.